The van der Waals surface area contributed by atoms with Crippen molar-refractivity contribution in [1.29, 1.82) is 0 Å². The fourth-order valence-corrected chi connectivity index (χ4v) is 1.18. The summed E-state index contributed by atoms with van der Waals surface area (Å²) in [5.74, 6) is -0.965. The van der Waals surface area contributed by atoms with Crippen LogP contribution < -0.4 is 11.1 Å². The van der Waals surface area contributed by atoms with Crippen molar-refractivity contribution in [3.8, 4) is 0 Å². The summed E-state index contributed by atoms with van der Waals surface area (Å²) >= 11 is 0. The van der Waals surface area contributed by atoms with Crippen molar-refractivity contribution in [2.75, 3.05) is 6.54 Å². The van der Waals surface area contributed by atoms with E-state index in [0.717, 1.165) is 0 Å². The van der Waals surface area contributed by atoms with E-state index in [2.05, 4.69) is 5.32 Å². The third kappa shape index (κ3) is 9.45. The molecule has 5 nitrogen and oxygen atoms in total. The normalized spacial score (nSPS) is 13.2. The highest BCUT2D eigenvalue weighted by atomic mass is 16.4. The zero-order valence-corrected chi connectivity index (χ0v) is 10.2. The van der Waals surface area contributed by atoms with Crippen molar-refractivity contribution < 1.29 is 14.7 Å². The fraction of sp³-hybridized carbons (Fsp3) is 0.818. The lowest BCUT2D eigenvalue weighted by atomic mass is 10.00. The highest BCUT2D eigenvalue weighted by Gasteiger charge is 2.14. The molecule has 0 heterocycles. The summed E-state index contributed by atoms with van der Waals surface area (Å²) in [5.41, 5.74) is 5.40. The van der Waals surface area contributed by atoms with Gasteiger partial charge < -0.3 is 16.2 Å². The molecule has 4 N–H and O–H groups in total. The van der Waals surface area contributed by atoms with Gasteiger partial charge in [-0.1, -0.05) is 6.92 Å². The second-order valence-corrected chi connectivity index (χ2v) is 5.00. The van der Waals surface area contributed by atoms with E-state index in [-0.39, 0.29) is 23.8 Å². The molecule has 0 aliphatic rings. The van der Waals surface area contributed by atoms with Crippen LogP contribution in [0.3, 0.4) is 0 Å². The summed E-state index contributed by atoms with van der Waals surface area (Å²) in [6.45, 7) is 5.93. The topological polar surface area (TPSA) is 92.4 Å². The number of carbonyl (C=O) groups excluding carboxylic acids is 1. The molecule has 0 spiro atoms. The van der Waals surface area contributed by atoms with Gasteiger partial charge in [-0.3, -0.25) is 9.59 Å². The van der Waals surface area contributed by atoms with E-state index in [4.69, 9.17) is 10.8 Å². The second kappa shape index (κ2) is 6.48. The van der Waals surface area contributed by atoms with Crippen molar-refractivity contribution in [2.24, 2.45) is 11.7 Å². The first-order chi connectivity index (χ1) is 7.20. The van der Waals surface area contributed by atoms with Gasteiger partial charge in [-0.15, -0.1) is 0 Å². The Morgan fingerprint density at radius 3 is 2.44 bits per heavy atom. The Bertz CT molecular complexity index is 246. The third-order valence-corrected chi connectivity index (χ3v) is 2.17. The van der Waals surface area contributed by atoms with E-state index in [0.29, 0.717) is 19.4 Å². The first kappa shape index (κ1) is 14.9. The summed E-state index contributed by atoms with van der Waals surface area (Å²) in [5, 5.41) is 11.2. The number of rotatable bonds is 7. The molecule has 0 aromatic carbocycles. The Morgan fingerprint density at radius 2 is 2.00 bits per heavy atom. The third-order valence-electron chi connectivity index (χ3n) is 2.17. The molecular formula is C11H22N2O3. The maximum Gasteiger partial charge on any atom is 0.303 e. The molecular weight excluding hydrogens is 208 g/mol. The van der Waals surface area contributed by atoms with Crippen LogP contribution in [0.5, 0.6) is 0 Å². The molecule has 0 fully saturated rings. The van der Waals surface area contributed by atoms with Crippen LogP contribution in [-0.4, -0.2) is 29.1 Å². The van der Waals surface area contributed by atoms with Gasteiger partial charge in [0.15, 0.2) is 0 Å². The number of carboxylic acid groups (broad SMARTS) is 1. The summed E-state index contributed by atoms with van der Waals surface area (Å²) < 4.78 is 0. The Kier molecular flexibility index (Phi) is 6.03. The molecule has 0 saturated heterocycles. The van der Waals surface area contributed by atoms with Crippen molar-refractivity contribution in [2.45, 2.75) is 45.6 Å². The highest BCUT2D eigenvalue weighted by molar-refractivity contribution is 5.76. The molecule has 94 valence electrons. The van der Waals surface area contributed by atoms with Crippen LogP contribution in [-0.2, 0) is 9.59 Å². The van der Waals surface area contributed by atoms with Gasteiger partial charge in [-0.05, 0) is 26.2 Å². The number of nitrogens with one attached hydrogen (secondary N) is 1. The van der Waals surface area contributed by atoms with Gasteiger partial charge in [0.05, 0.1) is 0 Å². The van der Waals surface area contributed by atoms with Crippen molar-refractivity contribution in [3.05, 3.63) is 0 Å². The lowest BCUT2D eigenvalue weighted by Gasteiger charge is -2.18. The van der Waals surface area contributed by atoms with E-state index in [1.54, 1.807) is 6.92 Å². The number of aliphatic carboxylic acids is 1. The molecule has 5 heteroatoms. The van der Waals surface area contributed by atoms with E-state index in [9.17, 15) is 9.59 Å². The SMILES string of the molecule is CC(CNC(=O)CCC(C)(C)N)CC(=O)O. The van der Waals surface area contributed by atoms with E-state index in [1.807, 2.05) is 13.8 Å². The van der Waals surface area contributed by atoms with Gasteiger partial charge in [0.2, 0.25) is 5.91 Å². The monoisotopic (exact) mass is 230 g/mol. The maximum absolute atomic E-state index is 11.4. The number of carboxylic acids is 1. The number of hydrogen-bond donors (Lipinski definition) is 3. The van der Waals surface area contributed by atoms with Crippen LogP contribution >= 0.6 is 0 Å². The molecule has 0 radical (unpaired) electrons. The lowest BCUT2D eigenvalue weighted by molar-refractivity contribution is -0.138. The smallest absolute Gasteiger partial charge is 0.303 e. The van der Waals surface area contributed by atoms with Gasteiger partial charge >= 0.3 is 5.97 Å². The molecule has 0 aromatic heterocycles. The summed E-state index contributed by atoms with van der Waals surface area (Å²) in [4.78, 5) is 21.7. The van der Waals surface area contributed by atoms with Crippen LogP contribution in [0, 0.1) is 5.92 Å². The Balaban J connectivity index is 3.69. The van der Waals surface area contributed by atoms with E-state index in [1.165, 1.54) is 0 Å². The van der Waals surface area contributed by atoms with Crippen LogP contribution in [0.25, 0.3) is 0 Å². The standard InChI is InChI=1S/C11H22N2O3/c1-8(6-10(15)16)7-13-9(14)4-5-11(2,3)12/h8H,4-7,12H2,1-3H3,(H,13,14)(H,15,16). The first-order valence-electron chi connectivity index (χ1n) is 5.48. The van der Waals surface area contributed by atoms with Crippen LogP contribution in [0.1, 0.15) is 40.0 Å². The minimum absolute atomic E-state index is 0.0488. The molecule has 0 aliphatic carbocycles. The second-order valence-electron chi connectivity index (χ2n) is 5.00. The van der Waals surface area contributed by atoms with Gasteiger partial charge in [-0.2, -0.15) is 0 Å². The average molecular weight is 230 g/mol. The van der Waals surface area contributed by atoms with Crippen molar-refractivity contribution in [1.82, 2.24) is 5.32 Å². The van der Waals surface area contributed by atoms with Crippen molar-refractivity contribution >= 4 is 11.9 Å². The summed E-state index contributed by atoms with van der Waals surface area (Å²) in [6.07, 6.45) is 1.07. The number of amides is 1. The zero-order valence-electron chi connectivity index (χ0n) is 10.2. The van der Waals surface area contributed by atoms with Crippen LogP contribution in [0.15, 0.2) is 0 Å². The predicted molar refractivity (Wildman–Crippen MR) is 61.9 cm³/mol. The minimum Gasteiger partial charge on any atom is -0.481 e. The first-order valence-corrected chi connectivity index (χ1v) is 5.48. The summed E-state index contributed by atoms with van der Waals surface area (Å²) in [6, 6.07) is 0. The minimum atomic E-state index is -0.843. The van der Waals surface area contributed by atoms with Gasteiger partial charge in [0, 0.05) is 24.9 Å². The molecule has 16 heavy (non-hydrogen) atoms. The molecule has 0 bridgehead atoms. The molecule has 1 unspecified atom stereocenters. The highest BCUT2D eigenvalue weighted by Crippen LogP contribution is 2.07. The van der Waals surface area contributed by atoms with Gasteiger partial charge in [0.1, 0.15) is 0 Å². The number of hydrogen-bond acceptors (Lipinski definition) is 3. The molecule has 0 aliphatic heterocycles. The Hall–Kier alpha value is -1.10. The van der Waals surface area contributed by atoms with E-state index < -0.39 is 5.97 Å². The number of nitrogens with two attached hydrogens (primary N) is 1. The Morgan fingerprint density at radius 1 is 1.44 bits per heavy atom. The lowest BCUT2D eigenvalue weighted by Crippen LogP contribution is -2.35. The van der Waals surface area contributed by atoms with Gasteiger partial charge in [0.25, 0.3) is 0 Å². The summed E-state index contributed by atoms with van der Waals surface area (Å²) in [7, 11) is 0. The quantitative estimate of drug-likeness (QED) is 0.601. The largest absolute Gasteiger partial charge is 0.481 e. The van der Waals surface area contributed by atoms with E-state index >= 15 is 0 Å². The van der Waals surface area contributed by atoms with Crippen LogP contribution in [0.4, 0.5) is 0 Å². The average Bonchev–Trinajstić information content (AvgIpc) is 2.09. The fourth-order valence-electron chi connectivity index (χ4n) is 1.18. The molecule has 1 amide bonds. The number of carbonyl (C=O) groups is 2. The Labute approximate surface area is 96.4 Å². The molecule has 0 rings (SSSR count). The molecule has 0 aromatic rings. The predicted octanol–water partition coefficient (Wildman–Crippen LogP) is 0.731. The maximum atomic E-state index is 11.4. The van der Waals surface area contributed by atoms with Crippen molar-refractivity contribution in [3.63, 3.8) is 0 Å². The van der Waals surface area contributed by atoms with Crippen LogP contribution in [0.2, 0.25) is 0 Å². The van der Waals surface area contributed by atoms with Gasteiger partial charge in [-0.25, -0.2) is 0 Å². The zero-order chi connectivity index (χ0) is 12.8. The molecule has 0 saturated carbocycles. The molecule has 1 atom stereocenters.